The minimum Gasteiger partial charge on any atom is -0.311 e. The van der Waals surface area contributed by atoms with Crippen molar-refractivity contribution in [1.82, 2.24) is 9.13 Å². The molecule has 12 aromatic carbocycles. The molecule has 2 aromatic heterocycles. The maximum absolute atomic E-state index is 2.70. The first-order valence-corrected chi connectivity index (χ1v) is 39.9. The van der Waals surface area contributed by atoms with Gasteiger partial charge < -0.3 is 18.9 Å². The number of hydrogen-bond donors (Lipinski definition) is 0. The zero-order chi connectivity index (χ0) is 77.5. The molecule has 0 fully saturated rings. The molecule has 14 aromatic rings. The van der Waals surface area contributed by atoms with Crippen molar-refractivity contribution in [2.75, 3.05) is 9.80 Å². The van der Waals surface area contributed by atoms with Gasteiger partial charge >= 0.3 is 0 Å². The Bertz CT molecular complexity index is 5820. The van der Waals surface area contributed by atoms with Crippen molar-refractivity contribution in [3.8, 4) is 44.8 Å². The third-order valence-corrected chi connectivity index (χ3v) is 23.8. The normalized spacial score (nSPS) is 13.8. The van der Waals surface area contributed by atoms with Crippen LogP contribution in [0.5, 0.6) is 0 Å². The van der Waals surface area contributed by atoms with Crippen molar-refractivity contribution >= 4 is 101 Å². The highest BCUT2D eigenvalue weighted by Gasteiger charge is 2.46. The van der Waals surface area contributed by atoms with Crippen LogP contribution in [0.15, 0.2) is 237 Å². The van der Waals surface area contributed by atoms with Crippen molar-refractivity contribution in [2.24, 2.45) is 0 Å². The van der Waals surface area contributed by atoms with Gasteiger partial charge in [-0.1, -0.05) is 324 Å². The van der Waals surface area contributed by atoms with E-state index in [9.17, 15) is 0 Å². The number of benzene rings is 12. The summed E-state index contributed by atoms with van der Waals surface area (Å²) >= 11 is 0. The summed E-state index contributed by atoms with van der Waals surface area (Å²) in [6, 6.07) is 93.7. The highest BCUT2D eigenvalue weighted by molar-refractivity contribution is 7.00. The number of rotatable bonds is 7. The summed E-state index contributed by atoms with van der Waals surface area (Å²) in [7, 11) is 0. The molecular formula is C104H111BN4. The lowest BCUT2D eigenvalue weighted by Crippen LogP contribution is -2.61. The monoisotopic (exact) mass is 1430 g/mol. The van der Waals surface area contributed by atoms with Gasteiger partial charge in [-0.3, -0.25) is 0 Å². The quantitative estimate of drug-likeness (QED) is 0.148. The van der Waals surface area contributed by atoms with E-state index in [0.29, 0.717) is 0 Å². The topological polar surface area (TPSA) is 16.3 Å². The summed E-state index contributed by atoms with van der Waals surface area (Å²) in [6.45, 7) is 56.3. The van der Waals surface area contributed by atoms with Gasteiger partial charge in [0.25, 0.3) is 6.71 Å². The van der Waals surface area contributed by atoms with Gasteiger partial charge in [-0.15, -0.1) is 0 Å². The molecular weight excluding hydrogens is 1320 g/mol. The van der Waals surface area contributed by atoms with Crippen LogP contribution in [0.25, 0.3) is 88.4 Å². The molecule has 2 aliphatic heterocycles. The summed E-state index contributed by atoms with van der Waals surface area (Å²) in [4.78, 5) is 5.38. The van der Waals surface area contributed by atoms with Gasteiger partial charge in [0.15, 0.2) is 0 Å². The van der Waals surface area contributed by atoms with E-state index < -0.39 is 0 Å². The minimum atomic E-state index is -0.214. The highest BCUT2D eigenvalue weighted by Crippen LogP contribution is 2.52. The first-order valence-electron chi connectivity index (χ1n) is 39.9. The molecule has 0 radical (unpaired) electrons. The van der Waals surface area contributed by atoms with Gasteiger partial charge in [-0.25, -0.2) is 0 Å². The number of hydrogen-bond acceptors (Lipinski definition) is 2. The lowest BCUT2D eigenvalue weighted by Gasteiger charge is -2.45. The van der Waals surface area contributed by atoms with Crippen LogP contribution in [-0.4, -0.2) is 15.8 Å². The summed E-state index contributed by atoms with van der Waals surface area (Å²) in [5, 5.41) is 4.90. The Hall–Kier alpha value is -10.1. The lowest BCUT2D eigenvalue weighted by molar-refractivity contribution is 0.567. The Morgan fingerprint density at radius 1 is 0.220 bits per heavy atom. The molecule has 2 aliphatic rings. The molecule has 0 aliphatic carbocycles. The molecule has 0 atom stereocenters. The molecule has 0 amide bonds. The fourth-order valence-corrected chi connectivity index (χ4v) is 17.1. The van der Waals surface area contributed by atoms with Gasteiger partial charge in [0.2, 0.25) is 0 Å². The predicted octanol–water partition coefficient (Wildman–Crippen LogP) is 27.3. The second-order valence-electron chi connectivity index (χ2n) is 40.2. The third kappa shape index (κ3) is 12.8. The molecule has 0 spiro atoms. The minimum absolute atomic E-state index is 0.0486. The van der Waals surface area contributed by atoms with Gasteiger partial charge in [0, 0.05) is 55.7 Å². The second kappa shape index (κ2) is 25.2. The predicted molar refractivity (Wildman–Crippen MR) is 475 cm³/mol. The number of fused-ring (bicyclic) bond motifs is 11. The molecule has 4 heterocycles. The van der Waals surface area contributed by atoms with E-state index in [4.69, 9.17) is 0 Å². The van der Waals surface area contributed by atoms with Crippen molar-refractivity contribution < 1.29 is 0 Å². The van der Waals surface area contributed by atoms with E-state index in [1.165, 1.54) is 144 Å². The van der Waals surface area contributed by atoms with E-state index >= 15 is 0 Å². The van der Waals surface area contributed by atoms with Crippen LogP contribution in [0, 0.1) is 0 Å². The molecule has 5 heteroatoms. The van der Waals surface area contributed by atoms with Crippen LogP contribution in [0.4, 0.5) is 34.1 Å². The summed E-state index contributed by atoms with van der Waals surface area (Å²) < 4.78 is 5.15. The fraction of sp³-hybridized carbons (Fsp3) is 0.308. The largest absolute Gasteiger partial charge is 0.311 e. The van der Waals surface area contributed by atoms with Crippen molar-refractivity contribution in [2.45, 2.75) is 209 Å². The highest BCUT2D eigenvalue weighted by atomic mass is 15.2. The third-order valence-electron chi connectivity index (χ3n) is 23.8. The zero-order valence-corrected chi connectivity index (χ0v) is 69.4. The lowest BCUT2D eigenvalue weighted by atomic mass is 9.33. The summed E-state index contributed by atoms with van der Waals surface area (Å²) in [5.41, 5.74) is 34.9. The Kier molecular flexibility index (Phi) is 16.9. The maximum atomic E-state index is 2.70. The van der Waals surface area contributed by atoms with Crippen LogP contribution < -0.4 is 26.2 Å². The number of anilines is 6. The summed E-state index contributed by atoms with van der Waals surface area (Å²) in [6.07, 6.45) is 0. The van der Waals surface area contributed by atoms with Gasteiger partial charge in [-0.2, -0.15) is 0 Å². The molecule has 0 saturated heterocycles. The summed E-state index contributed by atoms with van der Waals surface area (Å²) in [5.74, 6) is 0. The Morgan fingerprint density at radius 3 is 1.03 bits per heavy atom. The van der Waals surface area contributed by atoms with Crippen molar-refractivity contribution in [3.05, 3.63) is 281 Å². The molecule has 0 saturated carbocycles. The molecule has 109 heavy (non-hydrogen) atoms. The van der Waals surface area contributed by atoms with Gasteiger partial charge in [0.05, 0.1) is 33.4 Å². The van der Waals surface area contributed by atoms with Gasteiger partial charge in [-0.05, 0) is 216 Å². The van der Waals surface area contributed by atoms with Crippen molar-refractivity contribution in [3.63, 3.8) is 0 Å². The van der Waals surface area contributed by atoms with E-state index in [0.717, 1.165) is 39.5 Å². The molecule has 0 N–H and O–H groups in total. The molecule has 4 nitrogen and oxygen atoms in total. The average molecular weight is 1430 g/mol. The molecule has 16 rings (SSSR count). The molecule has 0 unspecified atom stereocenters. The Labute approximate surface area is 651 Å². The van der Waals surface area contributed by atoms with Crippen LogP contribution in [0.1, 0.15) is 211 Å². The van der Waals surface area contributed by atoms with Crippen molar-refractivity contribution in [1.29, 1.82) is 0 Å². The van der Waals surface area contributed by atoms with Crippen LogP contribution in [0.2, 0.25) is 0 Å². The van der Waals surface area contributed by atoms with E-state index in [1.807, 2.05) is 0 Å². The first kappa shape index (κ1) is 73.1. The number of aromatic nitrogens is 2. The first-order chi connectivity index (χ1) is 51.1. The van der Waals surface area contributed by atoms with E-state index in [2.05, 4.69) is 422 Å². The molecule has 0 bridgehead atoms. The second-order valence-corrected chi connectivity index (χ2v) is 40.2. The van der Waals surface area contributed by atoms with Crippen LogP contribution in [-0.2, 0) is 43.3 Å². The smallest absolute Gasteiger partial charge is 0.252 e. The SMILES string of the molecule is CC(C)(C)c1cc(-c2ccc(N3c4cc(-n5c6ccccc6c6ccccc65)cc5c4B(c4ccc(-c6cc(C(C)(C)C)cc(C(C)(C)C)c6)cc4N5c4cccc(-c5cc(C(C)(C)C)cc(C(C)(C)C)c5)c4)c4ccc5c(c43)c3ccccc3n5-c3cc(C(C)(C)C)cc(C(C)(C)C)c3)cc2)cc(C(C)(C)C)c1. The van der Waals surface area contributed by atoms with Gasteiger partial charge in [0.1, 0.15) is 0 Å². The van der Waals surface area contributed by atoms with Crippen LogP contribution in [0.3, 0.4) is 0 Å². The van der Waals surface area contributed by atoms with E-state index in [1.54, 1.807) is 0 Å². The fourth-order valence-electron chi connectivity index (χ4n) is 17.1. The number of nitrogens with zero attached hydrogens (tertiary/aromatic N) is 4. The zero-order valence-electron chi connectivity index (χ0n) is 69.4. The Morgan fingerprint density at radius 2 is 0.578 bits per heavy atom. The maximum Gasteiger partial charge on any atom is 0.252 e. The molecule has 550 valence electrons. The standard InChI is InChI=1S/C104H111BN4/c1-97(2,3)70-48-67(49-71(56-70)98(4,5)6)64-40-43-78(44-41-64)109-93-63-81(107-87-37-28-25-34-82(87)83-35-26-29-38-88(83)107)62-92-95(93)105(86-46-47-90-94(96(86)109)84-36-27-30-39-89(84)108(90)80-60-76(103(19,20)21)59-77(61-80)104(22,23)24)85-45-42-66(69-52-74(101(13,14)15)58-75(53-69)102(16,17)18)55-91(85)106(92)79-33-31-32-65(54-79)68-50-72(99(7,8)9)57-73(51-68)100(10,11)12/h25-63H,1-24H3. The average Bonchev–Trinajstić information content (AvgIpc) is 1.68. The van der Waals surface area contributed by atoms with E-state index in [-0.39, 0.29) is 50.0 Å². The van der Waals surface area contributed by atoms with Crippen LogP contribution >= 0.6 is 0 Å². The Balaban J connectivity index is 1.07. The number of para-hydroxylation sites is 3.